The van der Waals surface area contributed by atoms with Gasteiger partial charge in [-0.25, -0.2) is 0 Å². The van der Waals surface area contributed by atoms with Gasteiger partial charge in [0.05, 0.1) is 5.69 Å². The van der Waals surface area contributed by atoms with Crippen molar-refractivity contribution < 1.29 is 9.53 Å². The van der Waals surface area contributed by atoms with Crippen LogP contribution in [0.15, 0.2) is 89.4 Å². The zero-order valence-electron chi connectivity index (χ0n) is 18.1. The molecule has 0 atom stereocenters. The standard InChI is InChI=1S/C28H24BrNO2/c1-28(2)17-26-24(27(31)18-28)16-25(19-8-10-20(29)11-9-19)30(26)21-12-14-23(15-13-21)32-22-6-4-3-5-7-22/h3-16H,17-18H2,1-2H3. The predicted molar refractivity (Wildman–Crippen MR) is 132 cm³/mol. The number of Topliss-reactive ketones (excluding diaryl/α,β-unsaturated/α-hetero) is 1. The lowest BCUT2D eigenvalue weighted by Gasteiger charge is -2.30. The summed E-state index contributed by atoms with van der Waals surface area (Å²) in [7, 11) is 0. The lowest BCUT2D eigenvalue weighted by molar-refractivity contribution is 0.0911. The van der Waals surface area contributed by atoms with Crippen molar-refractivity contribution in [3.05, 3.63) is 101 Å². The number of halogens is 1. The predicted octanol–water partition coefficient (Wildman–Crippen LogP) is 7.85. The Morgan fingerprint density at radius 3 is 2.19 bits per heavy atom. The van der Waals surface area contributed by atoms with Gasteiger partial charge in [-0.1, -0.05) is 60.1 Å². The third-order valence-corrected chi connectivity index (χ3v) is 6.43. The normalized spacial score (nSPS) is 14.8. The summed E-state index contributed by atoms with van der Waals surface area (Å²) in [6.07, 6.45) is 1.43. The topological polar surface area (TPSA) is 31.2 Å². The fourth-order valence-electron chi connectivity index (χ4n) is 4.43. The van der Waals surface area contributed by atoms with Crippen LogP contribution in [0.4, 0.5) is 0 Å². The smallest absolute Gasteiger partial charge is 0.165 e. The summed E-state index contributed by atoms with van der Waals surface area (Å²) in [6, 6.07) is 28.2. The average molecular weight is 486 g/mol. The molecule has 0 fully saturated rings. The molecule has 4 heteroatoms. The number of para-hydroxylation sites is 1. The Bertz CT molecular complexity index is 1270. The van der Waals surface area contributed by atoms with E-state index in [2.05, 4.69) is 64.7 Å². The molecular weight excluding hydrogens is 462 g/mol. The highest BCUT2D eigenvalue weighted by molar-refractivity contribution is 9.10. The van der Waals surface area contributed by atoms with Crippen molar-refractivity contribution in [2.75, 3.05) is 0 Å². The van der Waals surface area contributed by atoms with Crippen molar-refractivity contribution >= 4 is 21.7 Å². The van der Waals surface area contributed by atoms with Crippen LogP contribution in [-0.2, 0) is 6.42 Å². The van der Waals surface area contributed by atoms with E-state index in [0.29, 0.717) is 6.42 Å². The summed E-state index contributed by atoms with van der Waals surface area (Å²) in [5.74, 6) is 1.81. The zero-order valence-corrected chi connectivity index (χ0v) is 19.7. The van der Waals surface area contributed by atoms with Crippen LogP contribution < -0.4 is 4.74 Å². The molecular formula is C28H24BrNO2. The monoisotopic (exact) mass is 485 g/mol. The average Bonchev–Trinajstić information content (AvgIpc) is 3.14. The van der Waals surface area contributed by atoms with E-state index in [1.165, 1.54) is 0 Å². The first-order chi connectivity index (χ1) is 15.4. The molecule has 0 N–H and O–H groups in total. The number of benzene rings is 3. The molecule has 0 saturated carbocycles. The van der Waals surface area contributed by atoms with Gasteiger partial charge in [0.15, 0.2) is 5.78 Å². The van der Waals surface area contributed by atoms with Crippen LogP contribution in [-0.4, -0.2) is 10.4 Å². The number of aromatic nitrogens is 1. The number of ketones is 1. The molecule has 0 saturated heterocycles. The lowest BCUT2D eigenvalue weighted by atomic mass is 9.76. The zero-order chi connectivity index (χ0) is 22.3. The summed E-state index contributed by atoms with van der Waals surface area (Å²) in [4.78, 5) is 13.0. The van der Waals surface area contributed by atoms with Gasteiger partial charge < -0.3 is 9.30 Å². The number of nitrogens with zero attached hydrogens (tertiary/aromatic N) is 1. The van der Waals surface area contributed by atoms with Crippen molar-refractivity contribution in [1.29, 1.82) is 0 Å². The van der Waals surface area contributed by atoms with Crippen LogP contribution in [0.25, 0.3) is 16.9 Å². The van der Waals surface area contributed by atoms with E-state index in [1.807, 2.05) is 54.6 Å². The first-order valence-corrected chi connectivity index (χ1v) is 11.6. The van der Waals surface area contributed by atoms with Crippen molar-refractivity contribution in [3.8, 4) is 28.4 Å². The Morgan fingerprint density at radius 2 is 1.50 bits per heavy atom. The number of hydrogen-bond acceptors (Lipinski definition) is 2. The fraction of sp³-hybridized carbons (Fsp3) is 0.179. The molecule has 1 aromatic heterocycles. The molecule has 0 spiro atoms. The molecule has 0 bridgehead atoms. The Hall–Kier alpha value is -3.11. The Balaban J connectivity index is 1.60. The van der Waals surface area contributed by atoms with Gasteiger partial charge in [-0.3, -0.25) is 4.79 Å². The summed E-state index contributed by atoms with van der Waals surface area (Å²) in [5.41, 5.74) is 5.00. The van der Waals surface area contributed by atoms with E-state index >= 15 is 0 Å². The second-order valence-electron chi connectivity index (χ2n) is 9.08. The molecule has 160 valence electrons. The molecule has 1 aliphatic rings. The number of carbonyl (C=O) groups is 1. The van der Waals surface area contributed by atoms with E-state index < -0.39 is 0 Å². The minimum absolute atomic E-state index is 0.0620. The lowest BCUT2D eigenvalue weighted by Crippen LogP contribution is -2.27. The van der Waals surface area contributed by atoms with E-state index in [9.17, 15) is 4.79 Å². The second-order valence-corrected chi connectivity index (χ2v) is 10.00. The molecule has 0 amide bonds. The number of carbonyl (C=O) groups excluding carboxylic acids is 1. The van der Waals surface area contributed by atoms with Gasteiger partial charge in [0, 0.05) is 27.8 Å². The maximum Gasteiger partial charge on any atom is 0.165 e. The third kappa shape index (κ3) is 4.03. The van der Waals surface area contributed by atoms with Crippen molar-refractivity contribution in [2.24, 2.45) is 5.41 Å². The molecule has 1 heterocycles. The molecule has 3 nitrogen and oxygen atoms in total. The van der Waals surface area contributed by atoms with Gasteiger partial charge in [-0.2, -0.15) is 0 Å². The van der Waals surface area contributed by atoms with Crippen molar-refractivity contribution in [2.45, 2.75) is 26.7 Å². The Morgan fingerprint density at radius 1 is 0.844 bits per heavy atom. The van der Waals surface area contributed by atoms with Gasteiger partial charge in [0.1, 0.15) is 11.5 Å². The number of rotatable bonds is 4. The number of ether oxygens (including phenoxy) is 1. The highest BCUT2D eigenvalue weighted by atomic mass is 79.9. The van der Waals surface area contributed by atoms with Crippen molar-refractivity contribution in [1.82, 2.24) is 4.57 Å². The Labute approximate surface area is 196 Å². The maximum absolute atomic E-state index is 13.0. The van der Waals surface area contributed by atoms with Gasteiger partial charge >= 0.3 is 0 Å². The largest absolute Gasteiger partial charge is 0.457 e. The molecule has 0 unspecified atom stereocenters. The highest BCUT2D eigenvalue weighted by Gasteiger charge is 2.35. The van der Waals surface area contributed by atoms with E-state index in [4.69, 9.17) is 4.74 Å². The van der Waals surface area contributed by atoms with Crippen LogP contribution in [0.2, 0.25) is 0 Å². The molecule has 1 aliphatic carbocycles. The summed E-state index contributed by atoms with van der Waals surface area (Å²) >= 11 is 3.52. The quantitative estimate of drug-likeness (QED) is 0.294. The van der Waals surface area contributed by atoms with E-state index in [0.717, 1.165) is 50.6 Å². The minimum Gasteiger partial charge on any atom is -0.457 e. The van der Waals surface area contributed by atoms with E-state index in [1.54, 1.807) is 0 Å². The summed E-state index contributed by atoms with van der Waals surface area (Å²) in [5, 5.41) is 0. The molecule has 0 aliphatic heterocycles. The van der Waals surface area contributed by atoms with Gasteiger partial charge in [0.2, 0.25) is 0 Å². The second kappa shape index (κ2) is 8.10. The summed E-state index contributed by atoms with van der Waals surface area (Å²) < 4.78 is 9.24. The molecule has 5 rings (SSSR count). The van der Waals surface area contributed by atoms with Crippen LogP contribution in [0.3, 0.4) is 0 Å². The van der Waals surface area contributed by atoms with Crippen LogP contribution >= 0.6 is 15.9 Å². The van der Waals surface area contributed by atoms with Crippen molar-refractivity contribution in [3.63, 3.8) is 0 Å². The molecule has 32 heavy (non-hydrogen) atoms. The first kappa shape index (κ1) is 20.8. The molecule has 0 radical (unpaired) electrons. The minimum atomic E-state index is -0.0620. The van der Waals surface area contributed by atoms with E-state index in [-0.39, 0.29) is 11.2 Å². The third-order valence-electron chi connectivity index (χ3n) is 5.90. The van der Waals surface area contributed by atoms with Gasteiger partial charge in [-0.15, -0.1) is 0 Å². The molecule has 3 aromatic carbocycles. The first-order valence-electron chi connectivity index (χ1n) is 10.8. The Kier molecular flexibility index (Phi) is 5.26. The summed E-state index contributed by atoms with van der Waals surface area (Å²) in [6.45, 7) is 4.34. The van der Waals surface area contributed by atoms with Crippen LogP contribution in [0.5, 0.6) is 11.5 Å². The van der Waals surface area contributed by atoms with Crippen LogP contribution in [0.1, 0.15) is 36.3 Å². The SMILES string of the molecule is CC1(C)CC(=O)c2cc(-c3ccc(Br)cc3)n(-c3ccc(Oc4ccccc4)cc3)c2C1. The maximum atomic E-state index is 13.0. The highest BCUT2D eigenvalue weighted by Crippen LogP contribution is 2.40. The fourth-order valence-corrected chi connectivity index (χ4v) is 4.69. The number of hydrogen-bond donors (Lipinski definition) is 0. The number of fused-ring (bicyclic) bond motifs is 1. The van der Waals surface area contributed by atoms with Gasteiger partial charge in [0.25, 0.3) is 0 Å². The van der Waals surface area contributed by atoms with Crippen LogP contribution in [0, 0.1) is 5.41 Å². The molecule has 4 aromatic rings. The van der Waals surface area contributed by atoms with Gasteiger partial charge in [-0.05, 0) is 72.0 Å².